The van der Waals surface area contributed by atoms with Gasteiger partial charge < -0.3 is 10.0 Å². The predicted octanol–water partition coefficient (Wildman–Crippen LogP) is 2.90. The Hall–Kier alpha value is -1.09. The fraction of sp³-hybridized carbons (Fsp3) is 0.643. The Labute approximate surface area is 103 Å². The Morgan fingerprint density at radius 2 is 2.00 bits per heavy atom. The van der Waals surface area contributed by atoms with Gasteiger partial charge in [-0.1, -0.05) is 19.3 Å². The van der Waals surface area contributed by atoms with Gasteiger partial charge >= 0.3 is 0 Å². The summed E-state index contributed by atoms with van der Waals surface area (Å²) in [6.07, 6.45) is 8.02. The van der Waals surface area contributed by atoms with Crippen molar-refractivity contribution in [1.29, 1.82) is 0 Å². The lowest BCUT2D eigenvalue weighted by molar-refractivity contribution is 0.194. The van der Waals surface area contributed by atoms with E-state index in [9.17, 15) is 5.11 Å². The van der Waals surface area contributed by atoms with Crippen LogP contribution in [-0.4, -0.2) is 23.2 Å². The van der Waals surface area contributed by atoms with Gasteiger partial charge in [0.1, 0.15) is 0 Å². The molecule has 0 bridgehead atoms. The first-order valence-corrected chi connectivity index (χ1v) is 6.55. The average Bonchev–Trinajstić information content (AvgIpc) is 2.39. The van der Waals surface area contributed by atoms with E-state index in [2.05, 4.69) is 23.0 Å². The molecule has 0 unspecified atom stereocenters. The Morgan fingerprint density at radius 3 is 2.53 bits per heavy atom. The average molecular weight is 234 g/mol. The Bertz CT molecular complexity index is 342. The smallest absolute Gasteiger partial charge is 0.0931 e. The summed E-state index contributed by atoms with van der Waals surface area (Å²) in [6, 6.07) is 4.63. The largest absolute Gasteiger partial charge is 0.387 e. The summed E-state index contributed by atoms with van der Waals surface area (Å²) in [5.41, 5.74) is 1.90. The lowest BCUT2D eigenvalue weighted by Gasteiger charge is -2.32. The minimum atomic E-state index is -0.482. The maximum atomic E-state index is 9.43. The molecule has 1 N–H and O–H groups in total. The molecule has 94 valence electrons. The third-order valence-corrected chi connectivity index (χ3v) is 3.73. The first-order valence-electron chi connectivity index (χ1n) is 6.55. The van der Waals surface area contributed by atoms with E-state index in [0.717, 1.165) is 11.4 Å². The molecule has 2 rings (SSSR count). The first-order chi connectivity index (χ1) is 8.18. The summed E-state index contributed by atoms with van der Waals surface area (Å²) in [4.78, 5) is 6.63. The third kappa shape index (κ3) is 2.97. The maximum absolute atomic E-state index is 9.43. The second-order valence-electron chi connectivity index (χ2n) is 5.02. The van der Waals surface area contributed by atoms with Crippen molar-refractivity contribution in [1.82, 2.24) is 4.98 Å². The van der Waals surface area contributed by atoms with E-state index in [1.54, 1.807) is 6.92 Å². The second-order valence-corrected chi connectivity index (χ2v) is 5.02. The van der Waals surface area contributed by atoms with Gasteiger partial charge in [-0.25, -0.2) is 0 Å². The van der Waals surface area contributed by atoms with Crippen LogP contribution in [0.25, 0.3) is 0 Å². The molecule has 0 aromatic carbocycles. The van der Waals surface area contributed by atoms with Gasteiger partial charge in [-0.2, -0.15) is 0 Å². The zero-order valence-corrected chi connectivity index (χ0v) is 10.8. The Kier molecular flexibility index (Phi) is 4.00. The van der Waals surface area contributed by atoms with Crippen molar-refractivity contribution in [2.45, 2.75) is 51.2 Å². The van der Waals surface area contributed by atoms with Crippen molar-refractivity contribution in [2.24, 2.45) is 0 Å². The quantitative estimate of drug-likeness (QED) is 0.873. The Morgan fingerprint density at radius 1 is 1.29 bits per heavy atom. The highest BCUT2D eigenvalue weighted by molar-refractivity contribution is 5.45. The lowest BCUT2D eigenvalue weighted by atomic mass is 9.94. The van der Waals surface area contributed by atoms with Crippen molar-refractivity contribution < 1.29 is 5.11 Å². The number of aromatic nitrogens is 1. The molecule has 1 fully saturated rings. The molecule has 0 amide bonds. The van der Waals surface area contributed by atoms with E-state index in [0.29, 0.717) is 6.04 Å². The van der Waals surface area contributed by atoms with Gasteiger partial charge in [-0.3, -0.25) is 4.98 Å². The van der Waals surface area contributed by atoms with Crippen LogP contribution in [-0.2, 0) is 0 Å². The molecule has 0 saturated heterocycles. The standard InChI is InChI=1S/C14H22N2O/c1-11(17)14-9-8-13(10-15-14)16(2)12-6-4-3-5-7-12/h8-12,17H,3-7H2,1-2H3/t11-/m0/s1. The number of hydrogen-bond donors (Lipinski definition) is 1. The van der Waals surface area contributed by atoms with Crippen LogP contribution < -0.4 is 4.90 Å². The highest BCUT2D eigenvalue weighted by Crippen LogP contribution is 2.26. The fourth-order valence-corrected chi connectivity index (χ4v) is 2.53. The van der Waals surface area contributed by atoms with Crippen molar-refractivity contribution >= 4 is 5.69 Å². The van der Waals surface area contributed by atoms with Gasteiger partial charge in [0.2, 0.25) is 0 Å². The highest BCUT2D eigenvalue weighted by Gasteiger charge is 2.18. The molecule has 0 spiro atoms. The van der Waals surface area contributed by atoms with Crippen molar-refractivity contribution in [3.05, 3.63) is 24.0 Å². The molecule has 1 atom stereocenters. The summed E-state index contributed by atoms with van der Waals surface area (Å²) in [5, 5.41) is 9.43. The third-order valence-electron chi connectivity index (χ3n) is 3.73. The van der Waals surface area contributed by atoms with E-state index in [1.807, 2.05) is 12.3 Å². The van der Waals surface area contributed by atoms with E-state index >= 15 is 0 Å². The molecular formula is C14H22N2O. The fourth-order valence-electron chi connectivity index (χ4n) is 2.53. The minimum absolute atomic E-state index is 0.482. The van der Waals surface area contributed by atoms with Crippen LogP contribution in [0, 0.1) is 0 Å². The Balaban J connectivity index is 2.05. The van der Waals surface area contributed by atoms with Crippen LogP contribution in [0.3, 0.4) is 0 Å². The number of hydrogen-bond acceptors (Lipinski definition) is 3. The number of aliphatic hydroxyl groups excluding tert-OH is 1. The van der Waals surface area contributed by atoms with Gasteiger partial charge in [-0.05, 0) is 31.9 Å². The normalized spacial score (nSPS) is 19.0. The molecule has 1 aliphatic carbocycles. The monoisotopic (exact) mass is 234 g/mol. The predicted molar refractivity (Wildman–Crippen MR) is 70.1 cm³/mol. The number of aliphatic hydroxyl groups is 1. The molecule has 0 aliphatic heterocycles. The molecule has 3 heteroatoms. The van der Waals surface area contributed by atoms with E-state index in [4.69, 9.17) is 0 Å². The number of anilines is 1. The van der Waals surface area contributed by atoms with E-state index in [-0.39, 0.29) is 0 Å². The molecule has 1 saturated carbocycles. The number of rotatable bonds is 3. The van der Waals surface area contributed by atoms with Crippen LogP contribution in [0.15, 0.2) is 18.3 Å². The van der Waals surface area contributed by atoms with E-state index in [1.165, 1.54) is 32.1 Å². The van der Waals surface area contributed by atoms with Gasteiger partial charge in [0, 0.05) is 13.1 Å². The summed E-state index contributed by atoms with van der Waals surface area (Å²) in [7, 11) is 2.15. The van der Waals surface area contributed by atoms with Crippen LogP contribution in [0.2, 0.25) is 0 Å². The van der Waals surface area contributed by atoms with Crippen LogP contribution in [0.4, 0.5) is 5.69 Å². The number of nitrogens with zero attached hydrogens (tertiary/aromatic N) is 2. The SMILES string of the molecule is C[C@H](O)c1ccc(N(C)C2CCCCC2)cn1. The molecule has 1 aromatic rings. The van der Waals surface area contributed by atoms with Gasteiger partial charge in [0.05, 0.1) is 23.7 Å². The van der Waals surface area contributed by atoms with Crippen LogP contribution >= 0.6 is 0 Å². The van der Waals surface area contributed by atoms with Gasteiger partial charge in [-0.15, -0.1) is 0 Å². The summed E-state index contributed by atoms with van der Waals surface area (Å²) in [6.45, 7) is 1.74. The minimum Gasteiger partial charge on any atom is -0.387 e. The van der Waals surface area contributed by atoms with Gasteiger partial charge in [0.25, 0.3) is 0 Å². The molecule has 1 aromatic heterocycles. The first kappa shape index (κ1) is 12.4. The van der Waals surface area contributed by atoms with E-state index < -0.39 is 6.10 Å². The molecule has 0 radical (unpaired) electrons. The summed E-state index contributed by atoms with van der Waals surface area (Å²) >= 11 is 0. The maximum Gasteiger partial charge on any atom is 0.0931 e. The zero-order chi connectivity index (χ0) is 12.3. The highest BCUT2D eigenvalue weighted by atomic mass is 16.3. The lowest BCUT2D eigenvalue weighted by Crippen LogP contribution is -2.33. The second kappa shape index (κ2) is 5.50. The molecule has 1 aliphatic rings. The number of pyridine rings is 1. The topological polar surface area (TPSA) is 36.4 Å². The van der Waals surface area contributed by atoms with Crippen LogP contribution in [0.5, 0.6) is 0 Å². The molecule has 1 heterocycles. The van der Waals surface area contributed by atoms with Crippen molar-refractivity contribution in [3.63, 3.8) is 0 Å². The summed E-state index contributed by atoms with van der Waals surface area (Å²) in [5.74, 6) is 0. The molecule has 3 nitrogen and oxygen atoms in total. The van der Waals surface area contributed by atoms with Crippen molar-refractivity contribution in [3.8, 4) is 0 Å². The van der Waals surface area contributed by atoms with Crippen LogP contribution in [0.1, 0.15) is 50.8 Å². The van der Waals surface area contributed by atoms with Gasteiger partial charge in [0.15, 0.2) is 0 Å². The molecular weight excluding hydrogens is 212 g/mol. The molecule has 17 heavy (non-hydrogen) atoms. The van der Waals surface area contributed by atoms with Crippen molar-refractivity contribution in [2.75, 3.05) is 11.9 Å². The summed E-state index contributed by atoms with van der Waals surface area (Å²) < 4.78 is 0. The zero-order valence-electron chi connectivity index (χ0n) is 10.8.